The molecule has 2 saturated heterocycles. The number of rotatable bonds is 8. The number of hydrogen-bond donors (Lipinski definition) is 1. The lowest BCUT2D eigenvalue weighted by Crippen LogP contribution is -2.49. The summed E-state index contributed by atoms with van der Waals surface area (Å²) < 4.78 is 18.9. The Morgan fingerprint density at radius 2 is 1.74 bits per heavy atom. The van der Waals surface area contributed by atoms with Gasteiger partial charge < -0.3 is 24.8 Å². The summed E-state index contributed by atoms with van der Waals surface area (Å²) in [4.78, 5) is 32.9. The maximum absolute atomic E-state index is 13.7. The van der Waals surface area contributed by atoms with Crippen molar-refractivity contribution < 1.29 is 18.7 Å². The predicted octanol–water partition coefficient (Wildman–Crippen LogP) is 3.07. The van der Waals surface area contributed by atoms with Crippen molar-refractivity contribution in [3.8, 4) is 5.75 Å². The Hall–Kier alpha value is -2.97. The van der Waals surface area contributed by atoms with Gasteiger partial charge in [-0.15, -0.1) is 0 Å². The number of nitrogens with zero attached hydrogens (tertiary/aromatic N) is 3. The first kappa shape index (κ1) is 25.1. The van der Waals surface area contributed by atoms with Crippen molar-refractivity contribution in [1.29, 1.82) is 0 Å². The molecule has 2 aromatic rings. The van der Waals surface area contributed by atoms with Gasteiger partial charge in [0.25, 0.3) is 0 Å². The van der Waals surface area contributed by atoms with E-state index in [0.717, 1.165) is 44.7 Å². The van der Waals surface area contributed by atoms with Gasteiger partial charge in [-0.1, -0.05) is 12.1 Å². The van der Waals surface area contributed by atoms with Crippen LogP contribution in [0.15, 0.2) is 48.5 Å². The quantitative estimate of drug-likeness (QED) is 0.586. The fourth-order valence-corrected chi connectivity index (χ4v) is 4.97. The first-order valence-corrected chi connectivity index (χ1v) is 12.4. The Balaban J connectivity index is 1.48. The maximum Gasteiger partial charge on any atom is 0.227 e. The summed E-state index contributed by atoms with van der Waals surface area (Å²) in [5, 5.41) is 3.11. The highest BCUT2D eigenvalue weighted by Gasteiger charge is 2.41. The standard InChI is InChI=1S/C27H35FN4O3/c1-30-16-18-31(19-17-30)15-3-14-29-27(34)24-12-13-25(33)32(22-8-10-23(35-2)11-9-22)26(24)20-4-6-21(28)7-5-20/h4-11,24,26H,3,12-19H2,1-2H3,(H,29,34)/t24-,26+/m0/s1. The third-order valence-corrected chi connectivity index (χ3v) is 7.04. The van der Waals surface area contributed by atoms with E-state index in [9.17, 15) is 14.0 Å². The molecule has 188 valence electrons. The molecule has 7 nitrogen and oxygen atoms in total. The molecule has 2 aliphatic rings. The van der Waals surface area contributed by atoms with Crippen LogP contribution >= 0.6 is 0 Å². The van der Waals surface area contributed by atoms with Gasteiger partial charge in [-0.2, -0.15) is 0 Å². The van der Waals surface area contributed by atoms with Gasteiger partial charge in [0.05, 0.1) is 19.1 Å². The summed E-state index contributed by atoms with van der Waals surface area (Å²) in [7, 11) is 3.73. The summed E-state index contributed by atoms with van der Waals surface area (Å²) in [6.07, 6.45) is 1.62. The number of nitrogens with one attached hydrogen (secondary N) is 1. The number of halogens is 1. The predicted molar refractivity (Wildman–Crippen MR) is 134 cm³/mol. The van der Waals surface area contributed by atoms with Crippen molar-refractivity contribution in [2.45, 2.75) is 25.3 Å². The third kappa shape index (κ3) is 6.18. The van der Waals surface area contributed by atoms with Crippen LogP contribution in [-0.2, 0) is 9.59 Å². The highest BCUT2D eigenvalue weighted by Crippen LogP contribution is 2.40. The first-order chi connectivity index (χ1) is 17.0. The molecule has 0 aliphatic carbocycles. The molecule has 2 atom stereocenters. The summed E-state index contributed by atoms with van der Waals surface area (Å²) in [6, 6.07) is 12.8. The SMILES string of the molecule is COc1ccc(N2C(=O)CC[C@H](C(=O)NCCCN3CCN(C)CC3)[C@H]2c2ccc(F)cc2)cc1. The highest BCUT2D eigenvalue weighted by molar-refractivity contribution is 5.97. The van der Waals surface area contributed by atoms with Gasteiger partial charge in [0.1, 0.15) is 11.6 Å². The van der Waals surface area contributed by atoms with Gasteiger partial charge in [0.2, 0.25) is 11.8 Å². The van der Waals surface area contributed by atoms with E-state index in [1.807, 2.05) is 12.1 Å². The number of anilines is 1. The number of ether oxygens (including phenoxy) is 1. The van der Waals surface area contributed by atoms with E-state index in [4.69, 9.17) is 4.74 Å². The van der Waals surface area contributed by atoms with Crippen molar-refractivity contribution in [1.82, 2.24) is 15.1 Å². The normalized spacial score (nSPS) is 21.7. The molecular weight excluding hydrogens is 447 g/mol. The minimum absolute atomic E-state index is 0.0522. The first-order valence-electron chi connectivity index (χ1n) is 12.4. The maximum atomic E-state index is 13.7. The van der Waals surface area contributed by atoms with Crippen molar-refractivity contribution in [2.75, 3.05) is 58.3 Å². The van der Waals surface area contributed by atoms with E-state index in [1.165, 1.54) is 12.1 Å². The van der Waals surface area contributed by atoms with Crippen molar-refractivity contribution >= 4 is 17.5 Å². The second kappa shape index (κ2) is 11.6. The molecule has 0 bridgehead atoms. The minimum Gasteiger partial charge on any atom is -0.497 e. The van der Waals surface area contributed by atoms with Crippen LogP contribution in [-0.4, -0.2) is 75.0 Å². The monoisotopic (exact) mass is 482 g/mol. The van der Waals surface area contributed by atoms with E-state index >= 15 is 0 Å². The molecule has 0 unspecified atom stereocenters. The molecule has 2 aliphatic heterocycles. The topological polar surface area (TPSA) is 65.1 Å². The average molecular weight is 483 g/mol. The van der Waals surface area contributed by atoms with Crippen LogP contribution in [0.2, 0.25) is 0 Å². The van der Waals surface area contributed by atoms with Gasteiger partial charge >= 0.3 is 0 Å². The lowest BCUT2D eigenvalue weighted by Gasteiger charge is -2.41. The number of hydrogen-bond acceptors (Lipinski definition) is 5. The Morgan fingerprint density at radius 1 is 1.06 bits per heavy atom. The smallest absolute Gasteiger partial charge is 0.227 e. The summed E-state index contributed by atoms with van der Waals surface area (Å²) in [6.45, 7) is 5.80. The molecule has 0 spiro atoms. The minimum atomic E-state index is -0.511. The number of methoxy groups -OCH3 is 1. The van der Waals surface area contributed by atoms with Gasteiger partial charge in [0.15, 0.2) is 0 Å². The van der Waals surface area contributed by atoms with E-state index in [2.05, 4.69) is 22.2 Å². The van der Waals surface area contributed by atoms with E-state index in [1.54, 1.807) is 36.3 Å². The molecular formula is C27H35FN4O3. The lowest BCUT2D eigenvalue weighted by atomic mass is 9.83. The molecule has 8 heteroatoms. The molecule has 2 fully saturated rings. The molecule has 0 saturated carbocycles. The third-order valence-electron chi connectivity index (χ3n) is 7.04. The van der Waals surface area contributed by atoms with E-state index in [0.29, 0.717) is 24.4 Å². The highest BCUT2D eigenvalue weighted by atomic mass is 19.1. The number of likely N-dealkylation sites (N-methyl/N-ethyl adjacent to an activating group) is 1. The molecule has 2 aromatic carbocycles. The molecule has 2 amide bonds. The fraction of sp³-hybridized carbons (Fsp3) is 0.481. The van der Waals surface area contributed by atoms with Gasteiger partial charge in [-0.05, 0) is 68.4 Å². The summed E-state index contributed by atoms with van der Waals surface area (Å²) >= 11 is 0. The largest absolute Gasteiger partial charge is 0.497 e. The van der Waals surface area contributed by atoms with Crippen LogP contribution in [0.5, 0.6) is 5.75 Å². The molecule has 35 heavy (non-hydrogen) atoms. The lowest BCUT2D eigenvalue weighted by molar-refractivity contribution is -0.129. The number of piperazine rings is 1. The van der Waals surface area contributed by atoms with Crippen LogP contribution in [0.3, 0.4) is 0 Å². The number of piperidine rings is 1. The second-order valence-electron chi connectivity index (χ2n) is 9.39. The van der Waals surface area contributed by atoms with Crippen molar-refractivity contribution in [3.05, 3.63) is 59.9 Å². The molecule has 2 heterocycles. The average Bonchev–Trinajstić information content (AvgIpc) is 2.88. The zero-order chi connectivity index (χ0) is 24.8. The molecule has 4 rings (SSSR count). The zero-order valence-corrected chi connectivity index (χ0v) is 20.6. The van der Waals surface area contributed by atoms with Crippen LogP contribution in [0.1, 0.15) is 30.9 Å². The number of carbonyl (C=O) groups is 2. The number of carbonyl (C=O) groups excluding carboxylic acids is 2. The Kier molecular flexibility index (Phi) is 8.36. The second-order valence-corrected chi connectivity index (χ2v) is 9.39. The van der Waals surface area contributed by atoms with E-state index < -0.39 is 12.0 Å². The van der Waals surface area contributed by atoms with Gasteiger partial charge in [-0.25, -0.2) is 4.39 Å². The summed E-state index contributed by atoms with van der Waals surface area (Å²) in [5.74, 6) is -0.209. The fourth-order valence-electron chi connectivity index (χ4n) is 4.97. The van der Waals surface area contributed by atoms with Crippen LogP contribution in [0.4, 0.5) is 10.1 Å². The Labute approximate surface area is 206 Å². The summed E-state index contributed by atoms with van der Waals surface area (Å²) in [5.41, 5.74) is 1.44. The number of amides is 2. The van der Waals surface area contributed by atoms with Gasteiger partial charge in [-0.3, -0.25) is 9.59 Å². The Morgan fingerprint density at radius 3 is 2.40 bits per heavy atom. The number of benzene rings is 2. The van der Waals surface area contributed by atoms with Crippen LogP contribution in [0.25, 0.3) is 0 Å². The Bertz CT molecular complexity index is 990. The van der Waals surface area contributed by atoms with Crippen molar-refractivity contribution in [3.63, 3.8) is 0 Å². The van der Waals surface area contributed by atoms with Gasteiger partial charge in [0, 0.05) is 44.8 Å². The molecule has 1 N–H and O–H groups in total. The zero-order valence-electron chi connectivity index (χ0n) is 20.6. The molecule has 0 aromatic heterocycles. The van der Waals surface area contributed by atoms with Crippen molar-refractivity contribution in [2.24, 2.45) is 5.92 Å². The van der Waals surface area contributed by atoms with Crippen LogP contribution < -0.4 is 15.0 Å². The van der Waals surface area contributed by atoms with E-state index in [-0.39, 0.29) is 24.1 Å². The van der Waals surface area contributed by atoms with Crippen LogP contribution in [0, 0.1) is 11.7 Å². The molecule has 0 radical (unpaired) electrons.